The molecule has 0 N–H and O–H groups in total. The number of aromatic nitrogens is 6. The average Bonchev–Trinajstić information content (AvgIpc) is 0.772. The number of hydrogen-bond donors (Lipinski definition) is 0. The second-order valence-corrected chi connectivity index (χ2v) is 85.8. The Morgan fingerprint density at radius 2 is 0.562 bits per heavy atom. The van der Waals surface area contributed by atoms with Crippen LogP contribution in [-0.2, 0) is 86.0 Å². The van der Waals surface area contributed by atoms with E-state index in [0.29, 0.717) is 80.0 Å². The third-order valence-corrected chi connectivity index (χ3v) is 66.0. The van der Waals surface area contributed by atoms with Gasteiger partial charge in [0, 0.05) is 84.4 Å². The van der Waals surface area contributed by atoms with E-state index in [1.807, 2.05) is 55.2 Å². The summed E-state index contributed by atoms with van der Waals surface area (Å²) in [6, 6.07) is 46.5. The molecular formula is C115H150Ge3Ir3N6Si3-6. The van der Waals surface area contributed by atoms with Gasteiger partial charge in [0.15, 0.2) is 0 Å². The van der Waals surface area contributed by atoms with Crippen molar-refractivity contribution in [2.75, 3.05) is 0 Å². The molecule has 15 heteroatoms. The van der Waals surface area contributed by atoms with Crippen LogP contribution in [-0.4, -0.2) is 93.9 Å². The van der Waals surface area contributed by atoms with Gasteiger partial charge in [0.05, 0.1) is 24.2 Å². The van der Waals surface area contributed by atoms with Gasteiger partial charge in [-0.25, -0.2) is 0 Å². The molecule has 6 aromatic heterocycles. The molecule has 130 heavy (non-hydrogen) atoms. The molecule has 7 aromatic carbocycles. The van der Waals surface area contributed by atoms with Crippen molar-refractivity contribution in [3.63, 3.8) is 0 Å². The Kier molecular flexibility index (Phi) is 36.5. The monoisotopic (exact) mass is 2520 g/mol. The molecule has 0 aliphatic carbocycles. The Morgan fingerprint density at radius 1 is 0.285 bits per heavy atom. The average molecular weight is 2520 g/mol. The van der Waals surface area contributed by atoms with Crippen molar-refractivity contribution in [1.29, 1.82) is 0 Å². The summed E-state index contributed by atoms with van der Waals surface area (Å²) in [5, 5.41) is 15.0. The molecule has 13 aromatic rings. The van der Waals surface area contributed by atoms with E-state index in [-0.39, 0.29) is 181 Å². The van der Waals surface area contributed by atoms with Crippen LogP contribution in [0.25, 0.3) is 78.7 Å². The molecule has 0 aliphatic heterocycles. The van der Waals surface area contributed by atoms with E-state index in [0.717, 1.165) is 36.9 Å². The summed E-state index contributed by atoms with van der Waals surface area (Å²) in [5.41, 5.74) is 14.2. The van der Waals surface area contributed by atoms with Crippen LogP contribution in [0.15, 0.2) is 255 Å². The Bertz CT molecular complexity index is 6360. The van der Waals surface area contributed by atoms with Crippen molar-refractivity contribution in [3.05, 3.63) is 314 Å². The van der Waals surface area contributed by atoms with E-state index in [1.165, 1.54) is 109 Å². The fraction of sp³-hybridized carbons (Fsp3) is 0.374. The van der Waals surface area contributed by atoms with Crippen LogP contribution < -0.4 is 28.7 Å². The van der Waals surface area contributed by atoms with Gasteiger partial charge in [-0.1, -0.05) is 139 Å². The zero-order valence-corrected chi connectivity index (χ0v) is 98.4. The van der Waals surface area contributed by atoms with Gasteiger partial charge in [-0.15, -0.1) is 107 Å². The summed E-state index contributed by atoms with van der Waals surface area (Å²) in [5.74, 6) is 2.04. The summed E-state index contributed by atoms with van der Waals surface area (Å²) >= 11 is -6.56. The molecule has 0 spiro atoms. The third kappa shape index (κ3) is 33.3. The minimum Gasteiger partial charge on any atom is -0.305 e. The zero-order valence-electron chi connectivity index (χ0n) is 102. The second-order valence-electron chi connectivity index (χ2n) is 37.8. The molecule has 0 saturated carbocycles. The predicted octanol–water partition coefficient (Wildman–Crippen LogP) is 28.5. The number of pyridine rings is 6. The van der Waals surface area contributed by atoms with Crippen molar-refractivity contribution < 1.29 is 87.7 Å². The molecule has 3 radical (unpaired) electrons. The van der Waals surface area contributed by atoms with Crippen LogP contribution >= 0.6 is 0 Å². The quantitative estimate of drug-likeness (QED) is 0.0330. The topological polar surface area (TPSA) is 77.3 Å². The van der Waals surface area contributed by atoms with Crippen molar-refractivity contribution in [3.8, 4) is 78.7 Å². The van der Waals surface area contributed by atoms with Crippen molar-refractivity contribution >= 4 is 92.8 Å². The van der Waals surface area contributed by atoms with Gasteiger partial charge in [-0.3, -0.25) is 0 Å². The zero-order chi connectivity index (χ0) is 110. The summed E-state index contributed by atoms with van der Waals surface area (Å²) in [6.07, 6.45) is 15.6. The minimum atomic E-state index is -2.19. The molecule has 0 saturated heterocycles. The fourth-order valence-corrected chi connectivity index (χ4v) is 44.1. The SMILES string of the molecule is C[Si](C)(C)c1ccc(-c2[c-]ccc(-c3ccccc3)c2)nc1.[2H]c1[c-]c(-c2cc(CC(C)C)[c]([Ge]([CH2]C)([CH2]C)[CH2]C)cn2)c([2H])c([2H])c1[2H].[2H]c1[c-]c(-c2cc(CC(C)C)[c]([Ge]([CH2]C)([CH2]C)[CH2]C)cn2)c([2H])c([2H])c1[2H].[2H]c1[c-]c(-c2cc(CC(C)C)[c]([Ge]([CH2]C)([CH2]C)[CH2]C)cn2)c([2H])c([2H])c1[2H].[2H]c1[c-]c(-c2cc(CC(C)C)c([Si](C)(C)C)cn2)c([2H])c([2H])c1[2H].[2H]c1[c-]c(-c2ccc([Si](C)(C)C)cn2)c([2H])c([2H])c1[2H].[Ir].[Ir].[Ir]. The fourth-order valence-electron chi connectivity index (χ4n) is 16.3. The first-order valence-corrected chi connectivity index (χ1v) is 72.9. The molecule has 6 nitrogen and oxygen atoms in total. The molecule has 6 heterocycles. The van der Waals surface area contributed by atoms with Crippen LogP contribution in [0.1, 0.15) is 167 Å². The largest absolute Gasteiger partial charge is 0.305 e. The predicted molar refractivity (Wildman–Crippen MR) is 570 cm³/mol. The molecule has 697 valence electrons. The molecule has 0 fully saturated rings. The summed E-state index contributed by atoms with van der Waals surface area (Å²) in [6.45, 7) is 58.9. The van der Waals surface area contributed by atoms with E-state index in [9.17, 15) is 0 Å². The van der Waals surface area contributed by atoms with Gasteiger partial charge in [0.1, 0.15) is 0 Å². The third-order valence-electron chi connectivity index (χ3n) is 24.3. The van der Waals surface area contributed by atoms with Crippen LogP contribution in [0.3, 0.4) is 0 Å². The smallest absolute Gasteiger partial charge is 0.0798 e. The standard InChI is InChI=1S/3C21H30GeN.C20H20NSi.C18H24NSi.C14H16NSi.3Ir/c3*1-6-22(7-2,8-3)20-16-23-21(15-19(20)14-17(4)5)18-12-10-9-11-13-18;1-22(2,3)19-12-13-20(21-15-19)18-11-7-10-17(14-18)16-8-5-4-6-9-16;1-14(2)11-16-12-17(15-9-7-6-8-10-15)19-13-18(16)20(3,4)5;1-16(2,3)13-9-10-14(15-11-13)12-7-5-4-6-8-12;;;/h3*9-12,15-17H,6-8,14H2,1-5H3;4-10,12-15H,1-3H3;6-9,12-14H,11H2,1-5H3;4-7,9-11H,1-3H3;;;/q6*-1;;;/i3*9D,10D,11D,12D;;6D,7D,8D,9D;4D,5D,6D,7D;;;. The van der Waals surface area contributed by atoms with E-state index in [2.05, 4.69) is 310 Å². The van der Waals surface area contributed by atoms with Crippen LogP contribution in [0.5, 0.6) is 0 Å². The molecule has 0 aliphatic rings. The van der Waals surface area contributed by atoms with Gasteiger partial charge in [-0.2, -0.15) is 0 Å². The number of hydrogen-bond acceptors (Lipinski definition) is 6. The Labute approximate surface area is 868 Å². The van der Waals surface area contributed by atoms with E-state index in [1.54, 1.807) is 12.3 Å². The Hall–Kier alpha value is -6.33. The van der Waals surface area contributed by atoms with Crippen LogP contribution in [0.2, 0.25) is 106 Å². The summed E-state index contributed by atoms with van der Waals surface area (Å²) < 4.78 is 162. The normalized spacial score (nSPS) is 13.6. The minimum absolute atomic E-state index is 0. The first-order valence-electron chi connectivity index (χ1n) is 55.9. The number of benzene rings is 7. The Balaban J connectivity index is 0.000000316. The van der Waals surface area contributed by atoms with Gasteiger partial charge >= 0.3 is 450 Å². The van der Waals surface area contributed by atoms with E-state index >= 15 is 0 Å². The molecular weight excluding hydrogens is 2340 g/mol. The van der Waals surface area contributed by atoms with Gasteiger partial charge < -0.3 is 15.0 Å². The second kappa shape index (κ2) is 55.6. The first-order chi connectivity index (χ1) is 68.9. The van der Waals surface area contributed by atoms with E-state index < -0.39 is 64.0 Å². The van der Waals surface area contributed by atoms with Crippen LogP contribution in [0.4, 0.5) is 0 Å². The Morgan fingerprint density at radius 3 is 0.838 bits per heavy atom. The van der Waals surface area contributed by atoms with Crippen LogP contribution in [0, 0.1) is 60.1 Å². The maximum atomic E-state index is 8.22. The number of nitrogens with zero attached hydrogens (tertiary/aromatic N) is 6. The maximum absolute atomic E-state index is 8.22. The summed E-state index contributed by atoms with van der Waals surface area (Å²) in [7, 11) is -4.26. The molecule has 13 rings (SSSR count). The van der Waals surface area contributed by atoms with Gasteiger partial charge in [0.25, 0.3) is 0 Å². The van der Waals surface area contributed by atoms with Crippen molar-refractivity contribution in [2.45, 2.75) is 250 Å². The van der Waals surface area contributed by atoms with Gasteiger partial charge in [0.2, 0.25) is 0 Å². The molecule has 0 atom stereocenters. The number of rotatable bonds is 30. The molecule has 0 bridgehead atoms. The summed E-state index contributed by atoms with van der Waals surface area (Å²) in [4.78, 5) is 27.5. The van der Waals surface area contributed by atoms with Crippen molar-refractivity contribution in [2.24, 2.45) is 23.7 Å². The molecule has 0 amide bonds. The van der Waals surface area contributed by atoms with E-state index in [4.69, 9.17) is 27.4 Å². The maximum Gasteiger partial charge on any atom is 0.0798 e. The van der Waals surface area contributed by atoms with Crippen molar-refractivity contribution in [1.82, 2.24) is 29.9 Å². The van der Waals surface area contributed by atoms with Gasteiger partial charge in [-0.05, 0) is 56.0 Å². The molecule has 0 unspecified atom stereocenters. The first kappa shape index (κ1) is 85.3.